The van der Waals surface area contributed by atoms with Crippen LogP contribution in [0.1, 0.15) is 29.7 Å². The van der Waals surface area contributed by atoms with Crippen LogP contribution in [-0.4, -0.2) is 68.3 Å². The molecule has 0 bridgehead atoms. The smallest absolute Gasteiger partial charge is 0.318 e. The van der Waals surface area contributed by atoms with Gasteiger partial charge in [-0.3, -0.25) is 0 Å². The van der Waals surface area contributed by atoms with Crippen LogP contribution in [0.2, 0.25) is 0 Å². The molecule has 1 fully saturated rings. The van der Waals surface area contributed by atoms with E-state index < -0.39 is 0 Å². The normalized spacial score (nSPS) is 17.8. The Hall–Kier alpha value is -3.37. The molecular weight excluding hydrogens is 448 g/mol. The number of aromatic nitrogens is 2. The van der Waals surface area contributed by atoms with Crippen molar-refractivity contribution in [3.05, 3.63) is 64.6 Å². The van der Waals surface area contributed by atoms with E-state index in [1.807, 2.05) is 14.1 Å². The Morgan fingerprint density at radius 1 is 1.11 bits per heavy atom. The number of benzene rings is 2. The second kappa shape index (κ2) is 10.7. The summed E-state index contributed by atoms with van der Waals surface area (Å²) in [5.74, 6) is 1.42. The van der Waals surface area contributed by atoms with E-state index in [2.05, 4.69) is 62.9 Å². The zero-order chi connectivity index (χ0) is 25.1. The van der Waals surface area contributed by atoms with Crippen LogP contribution < -0.4 is 14.5 Å². The lowest BCUT2D eigenvalue weighted by molar-refractivity contribution is 0.244. The summed E-state index contributed by atoms with van der Waals surface area (Å²) < 4.78 is 6.06. The van der Waals surface area contributed by atoms with Crippen LogP contribution >= 0.6 is 0 Å². The first-order valence-corrected chi connectivity index (χ1v) is 13.0. The SMILES string of the molecule is [C-]#[N+]C[C@@H]1CCCN(c2nc(OCCN(C)C)nc3c2CCN(c2cccc4cccc(C)c24)C3)C1. The number of fused-ring (bicyclic) bond motifs is 2. The van der Waals surface area contributed by atoms with E-state index in [0.29, 0.717) is 25.1 Å². The molecule has 0 amide bonds. The number of anilines is 2. The maximum Gasteiger partial charge on any atom is 0.318 e. The highest BCUT2D eigenvalue weighted by molar-refractivity contribution is 5.97. The highest BCUT2D eigenvalue weighted by Gasteiger charge is 2.30. The summed E-state index contributed by atoms with van der Waals surface area (Å²) in [6.07, 6.45) is 3.11. The van der Waals surface area contributed by atoms with Crippen LogP contribution in [0.25, 0.3) is 15.6 Å². The zero-order valence-corrected chi connectivity index (χ0v) is 21.7. The molecule has 7 heteroatoms. The predicted molar refractivity (Wildman–Crippen MR) is 146 cm³/mol. The summed E-state index contributed by atoms with van der Waals surface area (Å²) in [5.41, 5.74) is 4.86. The van der Waals surface area contributed by atoms with Crippen molar-refractivity contribution in [1.29, 1.82) is 0 Å². The molecule has 36 heavy (non-hydrogen) atoms. The van der Waals surface area contributed by atoms with Crippen LogP contribution in [0.4, 0.5) is 11.5 Å². The monoisotopic (exact) mass is 484 g/mol. The first-order chi connectivity index (χ1) is 17.5. The highest BCUT2D eigenvalue weighted by Crippen LogP contribution is 2.36. The van der Waals surface area contributed by atoms with E-state index in [1.54, 1.807) is 0 Å². The van der Waals surface area contributed by atoms with Gasteiger partial charge in [0.25, 0.3) is 0 Å². The molecule has 0 unspecified atom stereocenters. The van der Waals surface area contributed by atoms with Gasteiger partial charge >= 0.3 is 6.01 Å². The van der Waals surface area contributed by atoms with Crippen molar-refractivity contribution in [1.82, 2.24) is 14.9 Å². The Labute approximate surface area is 214 Å². The molecule has 0 aliphatic carbocycles. The number of aryl methyl sites for hydroxylation is 1. The van der Waals surface area contributed by atoms with Crippen molar-refractivity contribution in [2.45, 2.75) is 32.7 Å². The van der Waals surface area contributed by atoms with Crippen LogP contribution in [0.5, 0.6) is 6.01 Å². The highest BCUT2D eigenvalue weighted by atomic mass is 16.5. The maximum absolute atomic E-state index is 7.33. The van der Waals surface area contributed by atoms with Gasteiger partial charge in [0.2, 0.25) is 6.54 Å². The molecule has 0 spiro atoms. The van der Waals surface area contributed by atoms with Gasteiger partial charge in [0.15, 0.2) is 0 Å². The van der Waals surface area contributed by atoms with Crippen molar-refractivity contribution in [3.63, 3.8) is 0 Å². The minimum absolute atomic E-state index is 0.402. The lowest BCUT2D eigenvalue weighted by Gasteiger charge is -2.36. The standard InChI is InChI=1S/C29H36N6O/c1-21-8-5-10-23-11-6-12-26(27(21)23)34-15-13-24-25(20-34)31-29(36-17-16-33(3)4)32-28(24)35-14-7-9-22(19-35)18-30-2/h5-6,8,10-12,22H,7,9,13-20H2,1,3-4H3/t22-/m0/s1. The second-order valence-corrected chi connectivity index (χ2v) is 10.3. The van der Waals surface area contributed by atoms with Crippen molar-refractivity contribution in [3.8, 4) is 6.01 Å². The Morgan fingerprint density at radius 2 is 1.94 bits per heavy atom. The number of ether oxygens (including phenoxy) is 1. The van der Waals surface area contributed by atoms with E-state index in [1.165, 1.54) is 27.6 Å². The van der Waals surface area contributed by atoms with Gasteiger partial charge in [-0.2, -0.15) is 9.97 Å². The quantitative estimate of drug-likeness (QED) is 0.458. The van der Waals surface area contributed by atoms with Crippen molar-refractivity contribution < 1.29 is 4.74 Å². The molecule has 1 saturated heterocycles. The van der Waals surface area contributed by atoms with E-state index in [-0.39, 0.29) is 0 Å². The third-order valence-corrected chi connectivity index (χ3v) is 7.39. The summed E-state index contributed by atoms with van der Waals surface area (Å²) in [6, 6.07) is 13.6. The second-order valence-electron chi connectivity index (χ2n) is 10.3. The van der Waals surface area contributed by atoms with Gasteiger partial charge < -0.3 is 24.3 Å². The summed E-state index contributed by atoms with van der Waals surface area (Å²) >= 11 is 0. The van der Waals surface area contributed by atoms with Gasteiger partial charge in [-0.15, -0.1) is 0 Å². The lowest BCUT2D eigenvalue weighted by Crippen LogP contribution is -2.39. The molecule has 0 N–H and O–H groups in total. The molecule has 188 valence electrons. The minimum atomic E-state index is 0.402. The Balaban J connectivity index is 1.49. The predicted octanol–water partition coefficient (Wildman–Crippen LogP) is 4.58. The molecule has 2 aliphatic heterocycles. The van der Waals surface area contributed by atoms with Gasteiger partial charge in [-0.05, 0) is 57.3 Å². The largest absolute Gasteiger partial charge is 0.462 e. The van der Waals surface area contributed by atoms with E-state index in [4.69, 9.17) is 21.3 Å². The molecule has 1 atom stereocenters. The topological polar surface area (TPSA) is 49.1 Å². The molecule has 0 saturated carbocycles. The minimum Gasteiger partial charge on any atom is -0.462 e. The van der Waals surface area contributed by atoms with E-state index in [9.17, 15) is 0 Å². The average molecular weight is 485 g/mol. The summed E-state index contributed by atoms with van der Waals surface area (Å²) in [6.45, 7) is 15.0. The summed E-state index contributed by atoms with van der Waals surface area (Å²) in [5, 5.41) is 2.59. The first-order valence-electron chi connectivity index (χ1n) is 13.0. The molecule has 2 aliphatic rings. The van der Waals surface area contributed by atoms with Gasteiger partial charge in [0.05, 0.1) is 12.2 Å². The number of hydrogen-bond acceptors (Lipinski definition) is 6. The van der Waals surface area contributed by atoms with Gasteiger partial charge in [0.1, 0.15) is 12.4 Å². The van der Waals surface area contributed by atoms with E-state index >= 15 is 0 Å². The molecule has 1 aromatic heterocycles. The molecule has 7 nitrogen and oxygen atoms in total. The van der Waals surface area contributed by atoms with E-state index in [0.717, 1.165) is 63.5 Å². The van der Waals surface area contributed by atoms with Gasteiger partial charge in [-0.25, -0.2) is 6.57 Å². The molecule has 2 aromatic carbocycles. The fourth-order valence-corrected chi connectivity index (χ4v) is 5.54. The molecule has 3 heterocycles. The fourth-order valence-electron chi connectivity index (χ4n) is 5.54. The molecule has 0 radical (unpaired) electrons. The van der Waals surface area contributed by atoms with Gasteiger partial charge in [-0.1, -0.05) is 30.3 Å². The average Bonchev–Trinajstić information content (AvgIpc) is 2.88. The summed E-state index contributed by atoms with van der Waals surface area (Å²) in [4.78, 5) is 20.5. The van der Waals surface area contributed by atoms with Crippen LogP contribution in [-0.2, 0) is 13.0 Å². The fraction of sp³-hybridized carbons (Fsp3) is 0.483. The van der Waals surface area contributed by atoms with Crippen molar-refractivity contribution in [2.75, 3.05) is 63.2 Å². The number of nitrogens with zero attached hydrogens (tertiary/aromatic N) is 6. The zero-order valence-electron chi connectivity index (χ0n) is 21.7. The first kappa shape index (κ1) is 24.3. The Kier molecular flexibility index (Phi) is 7.24. The van der Waals surface area contributed by atoms with Crippen LogP contribution in [0.3, 0.4) is 0 Å². The lowest BCUT2D eigenvalue weighted by atomic mass is 9.96. The van der Waals surface area contributed by atoms with Crippen LogP contribution in [0, 0.1) is 19.4 Å². The molecule has 3 aromatic rings. The molecule has 5 rings (SSSR count). The molecular formula is C29H36N6O. The third kappa shape index (κ3) is 5.10. The number of piperidine rings is 1. The Morgan fingerprint density at radius 3 is 2.75 bits per heavy atom. The maximum atomic E-state index is 7.33. The Bertz CT molecular complexity index is 1260. The van der Waals surface area contributed by atoms with Gasteiger partial charge in [0, 0.05) is 48.7 Å². The number of hydrogen-bond donors (Lipinski definition) is 0. The van der Waals surface area contributed by atoms with Crippen molar-refractivity contribution >= 4 is 22.3 Å². The third-order valence-electron chi connectivity index (χ3n) is 7.39. The van der Waals surface area contributed by atoms with Crippen molar-refractivity contribution in [2.24, 2.45) is 5.92 Å². The summed E-state index contributed by atoms with van der Waals surface area (Å²) in [7, 11) is 4.08. The van der Waals surface area contributed by atoms with Crippen LogP contribution in [0.15, 0.2) is 36.4 Å². The number of rotatable bonds is 7. The number of likely N-dealkylation sites (N-methyl/N-ethyl adjacent to an activating group) is 1.